The fourth-order valence-corrected chi connectivity index (χ4v) is 2.68. The maximum Gasteiger partial charge on any atom is 0.242 e. The lowest BCUT2D eigenvalue weighted by atomic mass is 10.2. The number of hydrogen-bond acceptors (Lipinski definition) is 4. The van der Waals surface area contributed by atoms with Crippen LogP contribution in [0.5, 0.6) is 0 Å². The molecule has 1 aromatic rings. The fraction of sp³-hybridized carbons (Fsp3) is 0.529. The fourth-order valence-electron chi connectivity index (χ4n) is 2.68. The molecular formula is C17H24FN3O3. The lowest BCUT2D eigenvalue weighted by Crippen LogP contribution is -2.52. The van der Waals surface area contributed by atoms with E-state index in [1.165, 1.54) is 24.0 Å². The van der Waals surface area contributed by atoms with Crippen LogP contribution >= 0.6 is 0 Å². The van der Waals surface area contributed by atoms with Gasteiger partial charge < -0.3 is 19.4 Å². The molecule has 132 valence electrons. The molecule has 1 heterocycles. The average molecular weight is 337 g/mol. The molecule has 0 N–H and O–H groups in total. The van der Waals surface area contributed by atoms with Gasteiger partial charge in [0.2, 0.25) is 11.8 Å². The maximum atomic E-state index is 13.0. The van der Waals surface area contributed by atoms with Gasteiger partial charge in [0, 0.05) is 52.4 Å². The first-order valence-corrected chi connectivity index (χ1v) is 8.04. The molecule has 1 aliphatic rings. The van der Waals surface area contributed by atoms with Crippen molar-refractivity contribution in [2.45, 2.75) is 6.92 Å². The molecule has 6 nitrogen and oxygen atoms in total. The van der Waals surface area contributed by atoms with E-state index in [1.807, 2.05) is 0 Å². The van der Waals surface area contributed by atoms with E-state index in [0.29, 0.717) is 39.3 Å². The predicted octanol–water partition coefficient (Wildman–Crippen LogP) is 0.969. The van der Waals surface area contributed by atoms with Crippen LogP contribution in [-0.4, -0.2) is 74.6 Å². The van der Waals surface area contributed by atoms with E-state index in [-0.39, 0.29) is 24.2 Å². The van der Waals surface area contributed by atoms with Gasteiger partial charge in [0.1, 0.15) is 5.82 Å². The number of methoxy groups -OCH3 is 1. The monoisotopic (exact) mass is 337 g/mol. The van der Waals surface area contributed by atoms with Crippen molar-refractivity contribution in [3.05, 3.63) is 30.1 Å². The normalized spacial score (nSPS) is 14.6. The summed E-state index contributed by atoms with van der Waals surface area (Å²) in [6.07, 6.45) is 0. The molecule has 0 aliphatic carbocycles. The van der Waals surface area contributed by atoms with Crippen LogP contribution in [0.1, 0.15) is 6.92 Å². The molecule has 0 aromatic heterocycles. The highest BCUT2D eigenvalue weighted by molar-refractivity contribution is 5.84. The third-order valence-corrected chi connectivity index (χ3v) is 4.16. The summed E-state index contributed by atoms with van der Waals surface area (Å²) in [4.78, 5) is 29.4. The summed E-state index contributed by atoms with van der Waals surface area (Å²) in [5.74, 6) is -0.446. The second-order valence-electron chi connectivity index (χ2n) is 5.78. The molecule has 0 unspecified atom stereocenters. The smallest absolute Gasteiger partial charge is 0.242 e. The van der Waals surface area contributed by atoms with Crippen molar-refractivity contribution in [1.82, 2.24) is 9.80 Å². The van der Waals surface area contributed by atoms with E-state index in [0.717, 1.165) is 5.69 Å². The first kappa shape index (κ1) is 18.2. The van der Waals surface area contributed by atoms with Crippen molar-refractivity contribution in [3.63, 3.8) is 0 Å². The second kappa shape index (κ2) is 8.63. The van der Waals surface area contributed by atoms with Gasteiger partial charge in [-0.2, -0.15) is 0 Å². The average Bonchev–Trinajstić information content (AvgIpc) is 2.59. The van der Waals surface area contributed by atoms with E-state index < -0.39 is 0 Å². The Labute approximate surface area is 141 Å². The Morgan fingerprint density at radius 3 is 2.33 bits per heavy atom. The van der Waals surface area contributed by atoms with E-state index in [2.05, 4.69) is 4.90 Å². The zero-order valence-electron chi connectivity index (χ0n) is 14.2. The van der Waals surface area contributed by atoms with Crippen LogP contribution < -0.4 is 4.90 Å². The first-order chi connectivity index (χ1) is 11.5. The van der Waals surface area contributed by atoms with Crippen LogP contribution in [0.2, 0.25) is 0 Å². The lowest BCUT2D eigenvalue weighted by molar-refractivity contribution is -0.140. The van der Waals surface area contributed by atoms with Gasteiger partial charge in [0.05, 0.1) is 13.2 Å². The van der Waals surface area contributed by atoms with Gasteiger partial charge >= 0.3 is 0 Å². The number of carbonyl (C=O) groups is 2. The Balaban J connectivity index is 1.85. The minimum atomic E-state index is -0.257. The maximum absolute atomic E-state index is 13.0. The summed E-state index contributed by atoms with van der Waals surface area (Å²) >= 11 is 0. The van der Waals surface area contributed by atoms with Gasteiger partial charge in [0.15, 0.2) is 0 Å². The van der Waals surface area contributed by atoms with Crippen LogP contribution in [0.4, 0.5) is 10.1 Å². The summed E-state index contributed by atoms with van der Waals surface area (Å²) in [7, 11) is 1.56. The van der Waals surface area contributed by atoms with Crippen molar-refractivity contribution < 1.29 is 18.7 Å². The quantitative estimate of drug-likeness (QED) is 0.776. The summed E-state index contributed by atoms with van der Waals surface area (Å²) in [6, 6.07) is 6.37. The number of rotatable bonds is 6. The summed E-state index contributed by atoms with van der Waals surface area (Å²) < 4.78 is 18.0. The van der Waals surface area contributed by atoms with Crippen molar-refractivity contribution in [2.75, 3.05) is 57.9 Å². The molecule has 2 amide bonds. The minimum Gasteiger partial charge on any atom is -0.383 e. The van der Waals surface area contributed by atoms with Crippen LogP contribution in [0.3, 0.4) is 0 Å². The van der Waals surface area contributed by atoms with E-state index in [1.54, 1.807) is 24.1 Å². The molecule has 0 spiro atoms. The number of nitrogens with zero attached hydrogens (tertiary/aromatic N) is 3. The van der Waals surface area contributed by atoms with Crippen molar-refractivity contribution >= 4 is 17.5 Å². The molecule has 0 saturated carbocycles. The van der Waals surface area contributed by atoms with Crippen LogP contribution in [0.25, 0.3) is 0 Å². The summed E-state index contributed by atoms with van der Waals surface area (Å²) in [5.41, 5.74) is 0.953. The highest BCUT2D eigenvalue weighted by Crippen LogP contribution is 2.17. The number of ether oxygens (including phenoxy) is 1. The molecule has 2 rings (SSSR count). The topological polar surface area (TPSA) is 53.1 Å². The van der Waals surface area contributed by atoms with Gasteiger partial charge in [-0.1, -0.05) is 0 Å². The SMILES string of the molecule is COCCN(CC(=O)N1CCN(c2ccc(F)cc2)CC1)C(C)=O. The Kier molecular flexibility index (Phi) is 6.54. The van der Waals surface area contributed by atoms with Crippen molar-refractivity contribution in [1.29, 1.82) is 0 Å². The zero-order valence-corrected chi connectivity index (χ0v) is 14.2. The number of halogens is 1. The number of piperazine rings is 1. The molecule has 1 fully saturated rings. The molecule has 24 heavy (non-hydrogen) atoms. The van der Waals surface area contributed by atoms with E-state index in [9.17, 15) is 14.0 Å². The number of hydrogen-bond donors (Lipinski definition) is 0. The Morgan fingerprint density at radius 2 is 1.79 bits per heavy atom. The summed E-state index contributed by atoms with van der Waals surface area (Å²) in [5, 5.41) is 0. The van der Waals surface area contributed by atoms with Gasteiger partial charge in [-0.05, 0) is 24.3 Å². The molecule has 0 atom stereocenters. The van der Waals surface area contributed by atoms with Gasteiger partial charge in [-0.25, -0.2) is 4.39 Å². The van der Waals surface area contributed by atoms with Crippen LogP contribution in [0.15, 0.2) is 24.3 Å². The van der Waals surface area contributed by atoms with Crippen LogP contribution in [0, 0.1) is 5.82 Å². The molecule has 7 heteroatoms. The highest BCUT2D eigenvalue weighted by Gasteiger charge is 2.23. The molecule has 1 saturated heterocycles. The van der Waals surface area contributed by atoms with Gasteiger partial charge in [-0.3, -0.25) is 9.59 Å². The van der Waals surface area contributed by atoms with E-state index in [4.69, 9.17) is 4.74 Å². The predicted molar refractivity (Wildman–Crippen MR) is 89.3 cm³/mol. The Bertz CT molecular complexity index is 557. The molecule has 1 aromatic carbocycles. The minimum absolute atomic E-state index is 0.0555. The first-order valence-electron chi connectivity index (χ1n) is 8.04. The molecular weight excluding hydrogens is 313 g/mol. The zero-order chi connectivity index (χ0) is 17.5. The number of anilines is 1. The second-order valence-corrected chi connectivity index (χ2v) is 5.78. The third-order valence-electron chi connectivity index (χ3n) is 4.16. The number of carbonyl (C=O) groups excluding carboxylic acids is 2. The Hall–Kier alpha value is -2.15. The third kappa shape index (κ3) is 4.92. The van der Waals surface area contributed by atoms with Gasteiger partial charge in [-0.15, -0.1) is 0 Å². The van der Waals surface area contributed by atoms with Crippen molar-refractivity contribution in [3.8, 4) is 0 Å². The Morgan fingerprint density at radius 1 is 1.17 bits per heavy atom. The number of benzene rings is 1. The van der Waals surface area contributed by atoms with Gasteiger partial charge in [0.25, 0.3) is 0 Å². The lowest BCUT2D eigenvalue weighted by Gasteiger charge is -2.37. The summed E-state index contributed by atoms with van der Waals surface area (Å²) in [6.45, 7) is 4.91. The standard InChI is InChI=1S/C17H24FN3O3/c1-14(22)21(11-12-24-2)13-17(23)20-9-7-19(8-10-20)16-5-3-15(18)4-6-16/h3-6H,7-13H2,1-2H3. The number of amides is 2. The van der Waals surface area contributed by atoms with Crippen molar-refractivity contribution in [2.24, 2.45) is 0 Å². The molecule has 1 aliphatic heterocycles. The van der Waals surface area contributed by atoms with Crippen LogP contribution in [-0.2, 0) is 14.3 Å². The molecule has 0 radical (unpaired) electrons. The highest BCUT2D eigenvalue weighted by atomic mass is 19.1. The largest absolute Gasteiger partial charge is 0.383 e. The molecule has 0 bridgehead atoms. The van der Waals surface area contributed by atoms with E-state index >= 15 is 0 Å².